The molecular weight excluding hydrogens is 244 g/mol. The number of carbonyl (C=O) groups is 1. The highest BCUT2D eigenvalue weighted by molar-refractivity contribution is 7.85. The number of amides is 2. The molecule has 4 N–H and O–H groups in total. The lowest BCUT2D eigenvalue weighted by Crippen LogP contribution is -2.20. The number of primary amides is 1. The van der Waals surface area contributed by atoms with Gasteiger partial charge in [0.25, 0.3) is 10.1 Å². The van der Waals surface area contributed by atoms with Gasteiger partial charge >= 0.3 is 6.03 Å². The van der Waals surface area contributed by atoms with Crippen molar-refractivity contribution >= 4 is 21.8 Å². The van der Waals surface area contributed by atoms with Crippen LogP contribution in [0.15, 0.2) is 23.1 Å². The molecule has 0 aliphatic carbocycles. The van der Waals surface area contributed by atoms with E-state index in [0.717, 1.165) is 0 Å². The summed E-state index contributed by atoms with van der Waals surface area (Å²) in [6, 6.07) is 3.17. The van der Waals surface area contributed by atoms with Crippen LogP contribution in [0.3, 0.4) is 0 Å². The van der Waals surface area contributed by atoms with Crippen molar-refractivity contribution in [1.29, 1.82) is 0 Å². The zero-order valence-electron chi connectivity index (χ0n) is 9.47. The first kappa shape index (κ1) is 13.5. The van der Waals surface area contributed by atoms with Crippen LogP contribution in [0.1, 0.15) is 25.3 Å². The van der Waals surface area contributed by atoms with Crippen molar-refractivity contribution in [2.24, 2.45) is 5.73 Å². The van der Waals surface area contributed by atoms with Gasteiger partial charge in [0, 0.05) is 5.69 Å². The van der Waals surface area contributed by atoms with E-state index in [1.54, 1.807) is 0 Å². The molecule has 6 nitrogen and oxygen atoms in total. The zero-order valence-corrected chi connectivity index (χ0v) is 10.3. The highest BCUT2D eigenvalue weighted by Crippen LogP contribution is 2.27. The second kappa shape index (κ2) is 4.72. The minimum Gasteiger partial charge on any atom is -0.351 e. The number of nitrogens with two attached hydrogens (primary N) is 1. The third-order valence-corrected chi connectivity index (χ3v) is 3.05. The predicted molar refractivity (Wildman–Crippen MR) is 63.6 cm³/mol. The van der Waals surface area contributed by atoms with E-state index in [-0.39, 0.29) is 10.8 Å². The molecule has 0 spiro atoms. The van der Waals surface area contributed by atoms with Gasteiger partial charge in [0.1, 0.15) is 0 Å². The fourth-order valence-electron chi connectivity index (χ4n) is 1.43. The third-order valence-electron chi connectivity index (χ3n) is 2.20. The SMILES string of the molecule is CC(C)c1cc(S(=O)(=O)O)ccc1NC(N)=O. The Morgan fingerprint density at radius 3 is 2.41 bits per heavy atom. The van der Waals surface area contributed by atoms with Crippen LogP contribution in [0.2, 0.25) is 0 Å². The zero-order chi connectivity index (χ0) is 13.2. The molecule has 0 saturated carbocycles. The van der Waals surface area contributed by atoms with Crippen molar-refractivity contribution < 1.29 is 17.8 Å². The molecule has 94 valence electrons. The molecule has 17 heavy (non-hydrogen) atoms. The normalized spacial score (nSPS) is 11.5. The third kappa shape index (κ3) is 3.43. The maximum absolute atomic E-state index is 11.0. The van der Waals surface area contributed by atoms with Crippen molar-refractivity contribution in [2.45, 2.75) is 24.7 Å². The van der Waals surface area contributed by atoms with Crippen molar-refractivity contribution in [3.63, 3.8) is 0 Å². The van der Waals surface area contributed by atoms with Crippen molar-refractivity contribution in [2.75, 3.05) is 5.32 Å². The quantitative estimate of drug-likeness (QED) is 0.714. The minimum absolute atomic E-state index is 0.0291. The fourth-order valence-corrected chi connectivity index (χ4v) is 1.94. The molecular formula is C10H14N2O4S. The van der Waals surface area contributed by atoms with E-state index in [4.69, 9.17) is 10.3 Å². The van der Waals surface area contributed by atoms with Crippen LogP contribution < -0.4 is 11.1 Å². The second-order valence-electron chi connectivity index (χ2n) is 3.87. The molecule has 0 unspecified atom stereocenters. The number of carbonyl (C=O) groups excluding carboxylic acids is 1. The monoisotopic (exact) mass is 258 g/mol. The second-order valence-corrected chi connectivity index (χ2v) is 5.29. The molecule has 0 aliphatic heterocycles. The van der Waals surface area contributed by atoms with E-state index in [9.17, 15) is 13.2 Å². The average Bonchev–Trinajstić information content (AvgIpc) is 2.15. The topological polar surface area (TPSA) is 109 Å². The maximum Gasteiger partial charge on any atom is 0.316 e. The van der Waals surface area contributed by atoms with Crippen LogP contribution >= 0.6 is 0 Å². The first-order valence-corrected chi connectivity index (χ1v) is 6.33. The molecule has 0 radical (unpaired) electrons. The highest BCUT2D eigenvalue weighted by Gasteiger charge is 2.15. The summed E-state index contributed by atoms with van der Waals surface area (Å²) >= 11 is 0. The molecule has 0 aliphatic rings. The number of hydrogen-bond donors (Lipinski definition) is 3. The van der Waals surface area contributed by atoms with Crippen LogP contribution in [0.4, 0.5) is 10.5 Å². The smallest absolute Gasteiger partial charge is 0.316 e. The molecule has 0 fully saturated rings. The van der Waals surface area contributed by atoms with Gasteiger partial charge < -0.3 is 11.1 Å². The van der Waals surface area contributed by atoms with Gasteiger partial charge in [-0.05, 0) is 29.7 Å². The lowest BCUT2D eigenvalue weighted by atomic mass is 10.0. The largest absolute Gasteiger partial charge is 0.351 e. The number of hydrogen-bond acceptors (Lipinski definition) is 3. The standard InChI is InChI=1S/C10H14N2O4S/c1-6(2)8-5-7(17(14,15)16)3-4-9(8)12-10(11)13/h3-6H,1-2H3,(H3,11,12,13)(H,14,15,16). The first-order valence-electron chi connectivity index (χ1n) is 4.89. The lowest BCUT2D eigenvalue weighted by molar-refractivity contribution is 0.259. The molecule has 0 atom stereocenters. The number of nitrogens with one attached hydrogen (secondary N) is 1. The summed E-state index contributed by atoms with van der Waals surface area (Å²) in [5, 5.41) is 2.40. The maximum atomic E-state index is 11.0. The molecule has 0 saturated heterocycles. The Hall–Kier alpha value is -1.60. The van der Waals surface area contributed by atoms with Gasteiger partial charge in [0.15, 0.2) is 0 Å². The van der Waals surface area contributed by atoms with Gasteiger partial charge in [-0.3, -0.25) is 4.55 Å². The highest BCUT2D eigenvalue weighted by atomic mass is 32.2. The van der Waals surface area contributed by atoms with E-state index < -0.39 is 16.1 Å². The van der Waals surface area contributed by atoms with Crippen molar-refractivity contribution in [1.82, 2.24) is 0 Å². The Balaban J connectivity index is 3.32. The Morgan fingerprint density at radius 2 is 2.00 bits per heavy atom. The van der Waals surface area contributed by atoms with Gasteiger partial charge in [-0.25, -0.2) is 4.79 Å². The summed E-state index contributed by atoms with van der Waals surface area (Å²) in [5.41, 5.74) is 6.01. The van der Waals surface area contributed by atoms with E-state index in [0.29, 0.717) is 11.3 Å². The molecule has 0 aromatic heterocycles. The fraction of sp³-hybridized carbons (Fsp3) is 0.300. The number of rotatable bonds is 3. The Bertz CT molecular complexity index is 537. The van der Waals surface area contributed by atoms with E-state index >= 15 is 0 Å². The molecule has 7 heteroatoms. The van der Waals surface area contributed by atoms with Crippen molar-refractivity contribution in [3.8, 4) is 0 Å². The molecule has 1 aromatic carbocycles. The number of anilines is 1. The summed E-state index contributed by atoms with van der Waals surface area (Å²) in [6.45, 7) is 3.66. The molecule has 0 heterocycles. The summed E-state index contributed by atoms with van der Waals surface area (Å²) in [4.78, 5) is 10.6. The van der Waals surface area contributed by atoms with Crippen LogP contribution in [0.25, 0.3) is 0 Å². The minimum atomic E-state index is -4.25. The molecule has 2 amide bonds. The van der Waals surface area contributed by atoms with Crippen LogP contribution in [0, 0.1) is 0 Å². The summed E-state index contributed by atoms with van der Waals surface area (Å²) < 4.78 is 30.9. The van der Waals surface area contributed by atoms with Gasteiger partial charge in [-0.2, -0.15) is 8.42 Å². The van der Waals surface area contributed by atoms with E-state index in [1.807, 2.05) is 13.8 Å². The van der Waals surface area contributed by atoms with Crippen LogP contribution in [-0.4, -0.2) is 19.0 Å². The molecule has 1 aromatic rings. The van der Waals surface area contributed by atoms with E-state index in [1.165, 1.54) is 18.2 Å². The Labute approximate surface area is 99.6 Å². The first-order chi connectivity index (χ1) is 7.71. The average molecular weight is 258 g/mol. The molecule has 1 rings (SSSR count). The molecule has 0 bridgehead atoms. The predicted octanol–water partition coefficient (Wildman–Crippen LogP) is 1.55. The summed E-state index contributed by atoms with van der Waals surface area (Å²) in [7, 11) is -4.25. The Morgan fingerprint density at radius 1 is 1.41 bits per heavy atom. The van der Waals surface area contributed by atoms with Crippen LogP contribution in [0.5, 0.6) is 0 Å². The van der Waals surface area contributed by atoms with Gasteiger partial charge in [0.2, 0.25) is 0 Å². The summed E-state index contributed by atoms with van der Waals surface area (Å²) in [5.74, 6) is -0.0291. The van der Waals surface area contributed by atoms with Gasteiger partial charge in [0.05, 0.1) is 4.90 Å². The van der Waals surface area contributed by atoms with E-state index in [2.05, 4.69) is 5.32 Å². The number of urea groups is 1. The summed E-state index contributed by atoms with van der Waals surface area (Å²) in [6.07, 6.45) is 0. The van der Waals surface area contributed by atoms with Gasteiger partial charge in [-0.15, -0.1) is 0 Å². The van der Waals surface area contributed by atoms with Crippen molar-refractivity contribution in [3.05, 3.63) is 23.8 Å². The number of benzene rings is 1. The van der Waals surface area contributed by atoms with Gasteiger partial charge in [-0.1, -0.05) is 13.8 Å². The lowest BCUT2D eigenvalue weighted by Gasteiger charge is -2.13. The Kier molecular flexibility index (Phi) is 3.74. The van der Waals surface area contributed by atoms with Crippen LogP contribution in [-0.2, 0) is 10.1 Å².